The summed E-state index contributed by atoms with van der Waals surface area (Å²) in [5.41, 5.74) is 2.10. The molecule has 1 aliphatic rings. The minimum absolute atomic E-state index is 0.582. The van der Waals surface area contributed by atoms with E-state index in [1.54, 1.807) is 6.20 Å². The second-order valence-electron chi connectivity index (χ2n) is 3.50. The normalized spacial score (nSPS) is 17.2. The van der Waals surface area contributed by atoms with Gasteiger partial charge in [-0.25, -0.2) is 0 Å². The number of nitrogens with zero attached hydrogens (tertiary/aromatic N) is 2. The Balaban J connectivity index is 2.19. The summed E-state index contributed by atoms with van der Waals surface area (Å²) in [5, 5.41) is 12.3. The molecule has 2 aromatic heterocycles. The van der Waals surface area contributed by atoms with Crippen molar-refractivity contribution in [2.45, 2.75) is 5.92 Å². The van der Waals surface area contributed by atoms with Crippen LogP contribution in [-0.2, 0) is 0 Å². The van der Waals surface area contributed by atoms with Gasteiger partial charge in [0.2, 0.25) is 0 Å². The van der Waals surface area contributed by atoms with Crippen LogP contribution in [0.2, 0.25) is 0 Å². The molecule has 0 atom stereocenters. The van der Waals surface area contributed by atoms with E-state index in [4.69, 9.17) is 0 Å². The molecule has 0 spiro atoms. The zero-order valence-electron chi connectivity index (χ0n) is 7.42. The summed E-state index contributed by atoms with van der Waals surface area (Å²) < 4.78 is 1.13. The Morgan fingerprint density at radius 2 is 2.29 bits per heavy atom. The van der Waals surface area contributed by atoms with Crippen molar-refractivity contribution < 1.29 is 0 Å². The van der Waals surface area contributed by atoms with Gasteiger partial charge in [-0.15, -0.1) is 5.10 Å². The zero-order chi connectivity index (χ0) is 9.54. The van der Waals surface area contributed by atoms with E-state index in [1.807, 2.05) is 6.07 Å². The standard InChI is InChI=1S/C9H9BrN4/c10-7-6-1-2-12-14-9(6)13-8(7)5-3-11-4-5/h1-2,5,11H,3-4H2,(H,13,14). The fourth-order valence-electron chi connectivity index (χ4n) is 1.70. The minimum atomic E-state index is 0.582. The molecule has 0 amide bonds. The number of halogens is 1. The van der Waals surface area contributed by atoms with Gasteiger partial charge in [-0.3, -0.25) is 0 Å². The Hall–Kier alpha value is -0.940. The molecule has 1 fully saturated rings. The first kappa shape index (κ1) is 8.38. The van der Waals surface area contributed by atoms with Gasteiger partial charge in [-0.1, -0.05) is 0 Å². The molecule has 0 aliphatic carbocycles. The van der Waals surface area contributed by atoms with E-state index in [-0.39, 0.29) is 0 Å². The lowest BCUT2D eigenvalue weighted by Gasteiger charge is -2.26. The van der Waals surface area contributed by atoms with Gasteiger partial charge >= 0.3 is 0 Å². The molecular formula is C9H9BrN4. The van der Waals surface area contributed by atoms with Crippen LogP contribution >= 0.6 is 15.9 Å². The van der Waals surface area contributed by atoms with Crippen LogP contribution in [0.25, 0.3) is 11.0 Å². The zero-order valence-corrected chi connectivity index (χ0v) is 9.00. The Bertz CT molecular complexity index is 475. The van der Waals surface area contributed by atoms with Crippen LogP contribution in [0.5, 0.6) is 0 Å². The predicted molar refractivity (Wildman–Crippen MR) is 57.2 cm³/mol. The fourth-order valence-corrected chi connectivity index (χ4v) is 2.45. The number of nitrogens with one attached hydrogen (secondary N) is 2. The molecule has 2 N–H and O–H groups in total. The molecule has 2 aromatic rings. The first-order valence-corrected chi connectivity index (χ1v) is 5.35. The Morgan fingerprint density at radius 1 is 1.43 bits per heavy atom. The fraction of sp³-hybridized carbons (Fsp3) is 0.333. The van der Waals surface area contributed by atoms with E-state index in [0.717, 1.165) is 28.6 Å². The van der Waals surface area contributed by atoms with E-state index < -0.39 is 0 Å². The molecule has 0 radical (unpaired) electrons. The molecule has 5 heteroatoms. The SMILES string of the molecule is Brc1c(C2CNC2)[nH]c2nnccc12. The van der Waals surface area contributed by atoms with E-state index in [0.29, 0.717) is 5.92 Å². The van der Waals surface area contributed by atoms with E-state index in [2.05, 4.69) is 36.4 Å². The molecule has 3 rings (SSSR count). The summed E-state index contributed by atoms with van der Waals surface area (Å²) in [7, 11) is 0. The minimum Gasteiger partial charge on any atom is -0.340 e. The number of H-pyrrole nitrogens is 1. The maximum absolute atomic E-state index is 4.05. The van der Waals surface area contributed by atoms with Gasteiger partial charge in [0, 0.05) is 34.6 Å². The molecular weight excluding hydrogens is 244 g/mol. The van der Waals surface area contributed by atoms with Crippen LogP contribution in [-0.4, -0.2) is 28.3 Å². The molecule has 1 saturated heterocycles. The van der Waals surface area contributed by atoms with Crippen molar-refractivity contribution in [3.05, 3.63) is 22.4 Å². The van der Waals surface area contributed by atoms with E-state index in [9.17, 15) is 0 Å². The van der Waals surface area contributed by atoms with Crippen LogP contribution < -0.4 is 5.32 Å². The van der Waals surface area contributed by atoms with Gasteiger partial charge < -0.3 is 10.3 Å². The average Bonchev–Trinajstić information content (AvgIpc) is 2.43. The summed E-state index contributed by atoms with van der Waals surface area (Å²) in [6.45, 7) is 2.08. The maximum atomic E-state index is 4.05. The molecule has 3 heterocycles. The van der Waals surface area contributed by atoms with Gasteiger partial charge in [0.15, 0.2) is 5.65 Å². The molecule has 14 heavy (non-hydrogen) atoms. The van der Waals surface area contributed by atoms with Crippen LogP contribution in [0, 0.1) is 0 Å². The average molecular weight is 253 g/mol. The smallest absolute Gasteiger partial charge is 0.161 e. The summed E-state index contributed by atoms with van der Waals surface area (Å²) >= 11 is 3.60. The van der Waals surface area contributed by atoms with Crippen LogP contribution in [0.1, 0.15) is 11.6 Å². The molecule has 0 bridgehead atoms. The van der Waals surface area contributed by atoms with E-state index >= 15 is 0 Å². The quantitative estimate of drug-likeness (QED) is 0.807. The van der Waals surface area contributed by atoms with Crippen molar-refractivity contribution in [1.82, 2.24) is 20.5 Å². The highest BCUT2D eigenvalue weighted by Crippen LogP contribution is 2.32. The monoisotopic (exact) mass is 252 g/mol. The van der Waals surface area contributed by atoms with Gasteiger partial charge in [0.1, 0.15) is 0 Å². The first-order chi connectivity index (χ1) is 6.86. The number of hydrogen-bond donors (Lipinski definition) is 2. The molecule has 0 saturated carbocycles. The third-order valence-electron chi connectivity index (χ3n) is 2.64. The highest BCUT2D eigenvalue weighted by atomic mass is 79.9. The molecule has 1 aliphatic heterocycles. The molecule has 0 aromatic carbocycles. The highest BCUT2D eigenvalue weighted by molar-refractivity contribution is 9.10. The number of fused-ring (bicyclic) bond motifs is 1. The summed E-state index contributed by atoms with van der Waals surface area (Å²) in [5.74, 6) is 0.582. The second kappa shape index (κ2) is 3.03. The second-order valence-corrected chi connectivity index (χ2v) is 4.29. The number of rotatable bonds is 1. The third kappa shape index (κ3) is 1.09. The van der Waals surface area contributed by atoms with Crippen molar-refractivity contribution >= 4 is 27.0 Å². The van der Waals surface area contributed by atoms with Crippen LogP contribution in [0.4, 0.5) is 0 Å². The van der Waals surface area contributed by atoms with Crippen LogP contribution in [0.3, 0.4) is 0 Å². The highest BCUT2D eigenvalue weighted by Gasteiger charge is 2.24. The van der Waals surface area contributed by atoms with Crippen molar-refractivity contribution in [2.24, 2.45) is 0 Å². The first-order valence-electron chi connectivity index (χ1n) is 4.56. The van der Waals surface area contributed by atoms with Crippen molar-refractivity contribution in [1.29, 1.82) is 0 Å². The predicted octanol–water partition coefficient (Wildman–Crippen LogP) is 1.41. The summed E-state index contributed by atoms with van der Waals surface area (Å²) in [6, 6.07) is 1.97. The van der Waals surface area contributed by atoms with E-state index in [1.165, 1.54) is 5.69 Å². The lowest BCUT2D eigenvalue weighted by molar-refractivity contribution is 0.440. The van der Waals surface area contributed by atoms with Crippen molar-refractivity contribution in [3.8, 4) is 0 Å². The van der Waals surface area contributed by atoms with Crippen molar-refractivity contribution in [3.63, 3.8) is 0 Å². The van der Waals surface area contributed by atoms with Gasteiger partial charge in [0.25, 0.3) is 0 Å². The lowest BCUT2D eigenvalue weighted by Crippen LogP contribution is -2.40. The number of hydrogen-bond acceptors (Lipinski definition) is 3. The summed E-state index contributed by atoms with van der Waals surface area (Å²) in [6.07, 6.45) is 1.71. The lowest BCUT2D eigenvalue weighted by atomic mass is 10.00. The molecule has 0 unspecified atom stereocenters. The van der Waals surface area contributed by atoms with Gasteiger partial charge in [-0.2, -0.15) is 5.10 Å². The third-order valence-corrected chi connectivity index (χ3v) is 3.49. The van der Waals surface area contributed by atoms with Crippen molar-refractivity contribution in [2.75, 3.05) is 13.1 Å². The van der Waals surface area contributed by atoms with Crippen LogP contribution in [0.15, 0.2) is 16.7 Å². The van der Waals surface area contributed by atoms with Gasteiger partial charge in [-0.05, 0) is 22.0 Å². The Kier molecular flexibility index (Phi) is 1.81. The Labute approximate surface area is 89.2 Å². The van der Waals surface area contributed by atoms with Gasteiger partial charge in [0.05, 0.1) is 6.20 Å². The maximum Gasteiger partial charge on any atom is 0.161 e. The molecule has 72 valence electrons. The number of aromatic amines is 1. The number of aromatic nitrogens is 3. The molecule has 4 nitrogen and oxygen atoms in total. The Morgan fingerprint density at radius 3 is 2.93 bits per heavy atom. The summed E-state index contributed by atoms with van der Waals surface area (Å²) in [4.78, 5) is 3.31. The largest absolute Gasteiger partial charge is 0.340 e. The topological polar surface area (TPSA) is 53.6 Å².